The monoisotopic (exact) mass is 287 g/mol. The quantitative estimate of drug-likeness (QED) is 0.910. The van der Waals surface area contributed by atoms with Gasteiger partial charge in [-0.1, -0.05) is 18.2 Å². The summed E-state index contributed by atoms with van der Waals surface area (Å²) in [4.78, 5) is 28.9. The van der Waals surface area contributed by atoms with Gasteiger partial charge in [0.1, 0.15) is 5.69 Å². The molecule has 0 aliphatic rings. The van der Waals surface area contributed by atoms with Crippen LogP contribution >= 0.6 is 0 Å². The predicted octanol–water partition coefficient (Wildman–Crippen LogP) is 1.85. The first-order valence-corrected chi connectivity index (χ1v) is 6.56. The van der Waals surface area contributed by atoms with Gasteiger partial charge in [-0.05, 0) is 18.6 Å². The Morgan fingerprint density at radius 2 is 2.05 bits per heavy atom. The van der Waals surface area contributed by atoms with Gasteiger partial charge in [0.2, 0.25) is 0 Å². The topological polar surface area (TPSA) is 75.4 Å². The van der Waals surface area contributed by atoms with Crippen LogP contribution in [0.1, 0.15) is 22.5 Å². The normalized spacial score (nSPS) is 10.4. The zero-order valence-corrected chi connectivity index (χ0v) is 12.0. The van der Waals surface area contributed by atoms with Gasteiger partial charge in [-0.15, -0.1) is 0 Å². The van der Waals surface area contributed by atoms with E-state index in [0.29, 0.717) is 11.4 Å². The number of benzene rings is 1. The maximum Gasteiger partial charge on any atom is 0.305 e. The van der Waals surface area contributed by atoms with E-state index in [1.54, 1.807) is 30.2 Å². The SMILES string of the molecule is Cc1ccccc1N(CCC(=O)O)C(=O)c1cn(C)cn1. The molecule has 6 nitrogen and oxygen atoms in total. The van der Waals surface area contributed by atoms with Crippen molar-refractivity contribution in [3.8, 4) is 0 Å². The van der Waals surface area contributed by atoms with Crippen LogP contribution in [-0.2, 0) is 11.8 Å². The van der Waals surface area contributed by atoms with Crippen LogP contribution in [0, 0.1) is 6.92 Å². The molecule has 2 rings (SSSR count). The number of amides is 1. The van der Waals surface area contributed by atoms with Gasteiger partial charge >= 0.3 is 5.97 Å². The standard InChI is InChI=1S/C15H17N3O3/c1-11-5-3-4-6-13(11)18(8-7-14(19)20)15(21)12-9-17(2)10-16-12/h3-6,9-10H,7-8H2,1-2H3,(H,19,20). The fourth-order valence-corrected chi connectivity index (χ4v) is 2.07. The Balaban J connectivity index is 2.34. The number of rotatable bonds is 5. The first-order chi connectivity index (χ1) is 9.99. The number of imidazole rings is 1. The number of nitrogens with zero attached hydrogens (tertiary/aromatic N) is 3. The lowest BCUT2D eigenvalue weighted by molar-refractivity contribution is -0.136. The minimum atomic E-state index is -0.942. The van der Waals surface area contributed by atoms with E-state index in [1.807, 2.05) is 25.1 Å². The number of hydrogen-bond acceptors (Lipinski definition) is 3. The Kier molecular flexibility index (Phi) is 4.37. The number of carboxylic acids is 1. The Morgan fingerprint density at radius 1 is 1.33 bits per heavy atom. The molecule has 1 heterocycles. The molecule has 0 bridgehead atoms. The van der Waals surface area contributed by atoms with E-state index in [2.05, 4.69) is 4.98 Å². The summed E-state index contributed by atoms with van der Waals surface area (Å²) in [5.74, 6) is -1.24. The van der Waals surface area contributed by atoms with Crippen LogP contribution in [-0.4, -0.2) is 33.1 Å². The van der Waals surface area contributed by atoms with Gasteiger partial charge in [-0.25, -0.2) is 4.98 Å². The largest absolute Gasteiger partial charge is 0.481 e. The lowest BCUT2D eigenvalue weighted by atomic mass is 10.1. The summed E-state index contributed by atoms with van der Waals surface area (Å²) in [5, 5.41) is 8.88. The molecular weight excluding hydrogens is 270 g/mol. The van der Waals surface area contributed by atoms with Crippen molar-refractivity contribution in [3.05, 3.63) is 48.0 Å². The lowest BCUT2D eigenvalue weighted by Gasteiger charge is -2.23. The highest BCUT2D eigenvalue weighted by Crippen LogP contribution is 2.21. The maximum atomic E-state index is 12.6. The van der Waals surface area contributed by atoms with Crippen molar-refractivity contribution in [2.24, 2.45) is 7.05 Å². The molecule has 110 valence electrons. The van der Waals surface area contributed by atoms with Crippen LogP contribution in [0.3, 0.4) is 0 Å². The number of anilines is 1. The van der Waals surface area contributed by atoms with Gasteiger partial charge < -0.3 is 14.6 Å². The van der Waals surface area contributed by atoms with E-state index in [1.165, 1.54) is 4.90 Å². The second-order valence-electron chi connectivity index (χ2n) is 4.81. The number of carboxylic acid groups (broad SMARTS) is 1. The average molecular weight is 287 g/mol. The van der Waals surface area contributed by atoms with Crippen molar-refractivity contribution >= 4 is 17.6 Å². The van der Waals surface area contributed by atoms with Gasteiger partial charge in [0, 0.05) is 25.5 Å². The number of aliphatic carboxylic acids is 1. The second kappa shape index (κ2) is 6.21. The summed E-state index contributed by atoms with van der Waals surface area (Å²) in [6, 6.07) is 7.38. The Labute approximate surface area is 122 Å². The molecule has 0 fully saturated rings. The predicted molar refractivity (Wildman–Crippen MR) is 78.3 cm³/mol. The van der Waals surface area contributed by atoms with Crippen LogP contribution < -0.4 is 4.90 Å². The van der Waals surface area contributed by atoms with Crippen LogP contribution in [0.15, 0.2) is 36.8 Å². The Morgan fingerprint density at radius 3 is 2.62 bits per heavy atom. The second-order valence-corrected chi connectivity index (χ2v) is 4.81. The molecule has 0 saturated heterocycles. The molecule has 6 heteroatoms. The molecule has 1 N–H and O–H groups in total. The van der Waals surface area contributed by atoms with Gasteiger partial charge in [-0.3, -0.25) is 9.59 Å². The van der Waals surface area contributed by atoms with E-state index < -0.39 is 5.97 Å². The van der Waals surface area contributed by atoms with Gasteiger partial charge in [0.05, 0.1) is 12.7 Å². The Hall–Kier alpha value is -2.63. The summed E-state index contributed by atoms with van der Waals surface area (Å²) in [6.45, 7) is 1.99. The van der Waals surface area contributed by atoms with Gasteiger partial charge in [0.15, 0.2) is 0 Å². The molecule has 2 aromatic rings. The Bertz CT molecular complexity index is 664. The van der Waals surface area contributed by atoms with Crippen LogP contribution in [0.25, 0.3) is 0 Å². The summed E-state index contributed by atoms with van der Waals surface area (Å²) in [7, 11) is 1.78. The third-order valence-corrected chi connectivity index (χ3v) is 3.12. The molecule has 0 atom stereocenters. The summed E-state index contributed by atoms with van der Waals surface area (Å²) in [6.07, 6.45) is 3.04. The van der Waals surface area contributed by atoms with E-state index in [4.69, 9.17) is 5.11 Å². The molecule has 0 spiro atoms. The summed E-state index contributed by atoms with van der Waals surface area (Å²) in [5.41, 5.74) is 1.91. The molecule has 0 saturated carbocycles. The molecule has 1 amide bonds. The number of carbonyl (C=O) groups is 2. The van der Waals surface area contributed by atoms with Crippen molar-refractivity contribution in [2.45, 2.75) is 13.3 Å². The molecule has 0 radical (unpaired) electrons. The van der Waals surface area contributed by atoms with E-state index in [9.17, 15) is 9.59 Å². The van der Waals surface area contributed by atoms with Crippen LogP contribution in [0.5, 0.6) is 0 Å². The first kappa shape index (κ1) is 14.8. The number of carbonyl (C=O) groups excluding carboxylic acids is 1. The van der Waals surface area contributed by atoms with Gasteiger partial charge in [-0.2, -0.15) is 0 Å². The van der Waals surface area contributed by atoms with E-state index in [0.717, 1.165) is 5.56 Å². The smallest absolute Gasteiger partial charge is 0.305 e. The van der Waals surface area contributed by atoms with E-state index >= 15 is 0 Å². The highest BCUT2D eigenvalue weighted by atomic mass is 16.4. The highest BCUT2D eigenvalue weighted by Gasteiger charge is 2.21. The molecule has 1 aromatic heterocycles. The van der Waals surface area contributed by atoms with Crippen molar-refractivity contribution in [2.75, 3.05) is 11.4 Å². The lowest BCUT2D eigenvalue weighted by Crippen LogP contribution is -2.33. The molecule has 21 heavy (non-hydrogen) atoms. The highest BCUT2D eigenvalue weighted by molar-refractivity contribution is 6.05. The zero-order valence-electron chi connectivity index (χ0n) is 12.0. The molecule has 0 unspecified atom stereocenters. The fraction of sp³-hybridized carbons (Fsp3) is 0.267. The number of para-hydroxylation sites is 1. The maximum absolute atomic E-state index is 12.6. The number of hydrogen-bond donors (Lipinski definition) is 1. The molecule has 1 aromatic carbocycles. The average Bonchev–Trinajstić information content (AvgIpc) is 2.87. The third-order valence-electron chi connectivity index (χ3n) is 3.12. The van der Waals surface area contributed by atoms with Crippen LogP contribution in [0.2, 0.25) is 0 Å². The molecule has 0 aliphatic carbocycles. The van der Waals surface area contributed by atoms with Gasteiger partial charge in [0.25, 0.3) is 5.91 Å². The molecular formula is C15H17N3O3. The third kappa shape index (κ3) is 3.47. The van der Waals surface area contributed by atoms with Crippen molar-refractivity contribution < 1.29 is 14.7 Å². The summed E-state index contributed by atoms with van der Waals surface area (Å²) >= 11 is 0. The van der Waals surface area contributed by atoms with Crippen molar-refractivity contribution in [3.63, 3.8) is 0 Å². The number of aryl methyl sites for hydroxylation is 2. The minimum Gasteiger partial charge on any atom is -0.481 e. The summed E-state index contributed by atoms with van der Waals surface area (Å²) < 4.78 is 1.68. The molecule has 0 aliphatic heterocycles. The fourth-order valence-electron chi connectivity index (χ4n) is 2.07. The van der Waals surface area contributed by atoms with E-state index in [-0.39, 0.29) is 18.9 Å². The van der Waals surface area contributed by atoms with Crippen molar-refractivity contribution in [1.82, 2.24) is 9.55 Å². The van der Waals surface area contributed by atoms with Crippen molar-refractivity contribution in [1.29, 1.82) is 0 Å². The minimum absolute atomic E-state index is 0.107. The zero-order chi connectivity index (χ0) is 15.4. The van der Waals surface area contributed by atoms with Crippen LogP contribution in [0.4, 0.5) is 5.69 Å². The number of aromatic nitrogens is 2. The first-order valence-electron chi connectivity index (χ1n) is 6.56.